The van der Waals surface area contributed by atoms with Crippen LogP contribution in [0, 0.1) is 0 Å². The molecule has 2 heteroatoms. The third kappa shape index (κ3) is 3.22. The Morgan fingerprint density at radius 1 is 0.947 bits per heavy atom. The number of hydrogen-bond donors (Lipinski definition) is 2. The molecular weight excluding hydrogens is 234 g/mol. The first kappa shape index (κ1) is 13.8. The molecule has 0 amide bonds. The summed E-state index contributed by atoms with van der Waals surface area (Å²) in [5.41, 5.74) is 1.95. The minimum Gasteiger partial charge on any atom is -0.394 e. The smallest absolute Gasteiger partial charge is 0.0709 e. The van der Waals surface area contributed by atoms with Gasteiger partial charge in [-0.15, -0.1) is 0 Å². The standard InChI is InChI=1S/C17H21NO/c1-2-18-17(14-19,16-11-7-4-8-12-16)13-15-9-5-3-6-10-15/h3-12,18-19H,2,13-14H2,1H3. The van der Waals surface area contributed by atoms with Gasteiger partial charge < -0.3 is 10.4 Å². The summed E-state index contributed by atoms with van der Waals surface area (Å²) in [5, 5.41) is 13.4. The van der Waals surface area contributed by atoms with Gasteiger partial charge in [-0.05, 0) is 24.1 Å². The highest BCUT2D eigenvalue weighted by Crippen LogP contribution is 2.25. The van der Waals surface area contributed by atoms with Crippen molar-refractivity contribution in [3.63, 3.8) is 0 Å². The van der Waals surface area contributed by atoms with Crippen LogP contribution in [-0.4, -0.2) is 18.3 Å². The molecule has 0 saturated heterocycles. The van der Waals surface area contributed by atoms with Crippen LogP contribution in [0.25, 0.3) is 0 Å². The van der Waals surface area contributed by atoms with Crippen LogP contribution in [0.1, 0.15) is 18.1 Å². The fourth-order valence-electron chi connectivity index (χ4n) is 2.51. The second-order valence-corrected chi connectivity index (χ2v) is 4.80. The molecule has 1 atom stereocenters. The third-order valence-corrected chi connectivity index (χ3v) is 3.46. The van der Waals surface area contributed by atoms with E-state index in [4.69, 9.17) is 0 Å². The van der Waals surface area contributed by atoms with Crippen LogP contribution in [0.4, 0.5) is 0 Å². The number of aliphatic hydroxyl groups is 1. The molecule has 0 saturated carbocycles. The van der Waals surface area contributed by atoms with E-state index in [0.29, 0.717) is 0 Å². The summed E-state index contributed by atoms with van der Waals surface area (Å²) in [6.07, 6.45) is 0.780. The van der Waals surface area contributed by atoms with Crippen LogP contribution in [0.3, 0.4) is 0 Å². The van der Waals surface area contributed by atoms with Crippen LogP contribution in [0.5, 0.6) is 0 Å². The highest BCUT2D eigenvalue weighted by Gasteiger charge is 2.30. The molecule has 2 aromatic carbocycles. The number of benzene rings is 2. The molecule has 0 spiro atoms. The van der Waals surface area contributed by atoms with E-state index in [9.17, 15) is 5.11 Å². The van der Waals surface area contributed by atoms with Crippen molar-refractivity contribution in [1.82, 2.24) is 5.32 Å². The minimum atomic E-state index is -0.405. The Morgan fingerprint density at radius 2 is 1.53 bits per heavy atom. The van der Waals surface area contributed by atoms with Gasteiger partial charge in [0.05, 0.1) is 12.1 Å². The quantitative estimate of drug-likeness (QED) is 0.832. The van der Waals surface area contributed by atoms with Crippen molar-refractivity contribution in [3.05, 3.63) is 71.8 Å². The zero-order valence-corrected chi connectivity index (χ0v) is 11.3. The summed E-state index contributed by atoms with van der Waals surface area (Å²) < 4.78 is 0. The van der Waals surface area contributed by atoms with Crippen molar-refractivity contribution in [2.24, 2.45) is 0 Å². The third-order valence-electron chi connectivity index (χ3n) is 3.46. The Morgan fingerprint density at radius 3 is 2.05 bits per heavy atom. The lowest BCUT2D eigenvalue weighted by atomic mass is 9.84. The van der Waals surface area contributed by atoms with Crippen LogP contribution < -0.4 is 5.32 Å². The fourth-order valence-corrected chi connectivity index (χ4v) is 2.51. The molecule has 2 rings (SSSR count). The molecule has 0 heterocycles. The Bertz CT molecular complexity index is 483. The molecule has 0 fully saturated rings. The number of aliphatic hydroxyl groups excluding tert-OH is 1. The molecular formula is C17H21NO. The van der Waals surface area contributed by atoms with Crippen molar-refractivity contribution in [3.8, 4) is 0 Å². The highest BCUT2D eigenvalue weighted by atomic mass is 16.3. The van der Waals surface area contributed by atoms with Gasteiger partial charge in [0, 0.05) is 0 Å². The number of likely N-dealkylation sites (N-methyl/N-ethyl adjacent to an activating group) is 1. The number of rotatable bonds is 6. The predicted molar refractivity (Wildman–Crippen MR) is 79.0 cm³/mol. The summed E-state index contributed by atoms with van der Waals surface area (Å²) in [6.45, 7) is 2.97. The largest absolute Gasteiger partial charge is 0.394 e. The van der Waals surface area contributed by atoms with Crippen LogP contribution >= 0.6 is 0 Å². The zero-order valence-electron chi connectivity index (χ0n) is 11.3. The lowest BCUT2D eigenvalue weighted by molar-refractivity contribution is 0.161. The maximum atomic E-state index is 9.96. The first-order valence-electron chi connectivity index (χ1n) is 6.76. The van der Waals surface area contributed by atoms with E-state index < -0.39 is 5.54 Å². The van der Waals surface area contributed by atoms with E-state index in [2.05, 4.69) is 36.5 Å². The van der Waals surface area contributed by atoms with Gasteiger partial charge in [-0.2, -0.15) is 0 Å². The van der Waals surface area contributed by atoms with Gasteiger partial charge in [-0.3, -0.25) is 0 Å². The second-order valence-electron chi connectivity index (χ2n) is 4.80. The van der Waals surface area contributed by atoms with E-state index in [-0.39, 0.29) is 6.61 Å². The van der Waals surface area contributed by atoms with E-state index in [1.807, 2.05) is 36.4 Å². The van der Waals surface area contributed by atoms with Gasteiger partial charge in [0.25, 0.3) is 0 Å². The maximum absolute atomic E-state index is 9.96. The minimum absolute atomic E-state index is 0.0831. The molecule has 100 valence electrons. The summed E-state index contributed by atoms with van der Waals surface area (Å²) in [7, 11) is 0. The average Bonchev–Trinajstić information content (AvgIpc) is 2.49. The van der Waals surface area contributed by atoms with E-state index in [0.717, 1.165) is 18.5 Å². The molecule has 2 N–H and O–H groups in total. The van der Waals surface area contributed by atoms with E-state index in [1.165, 1.54) is 5.56 Å². The molecule has 19 heavy (non-hydrogen) atoms. The molecule has 2 aromatic rings. The summed E-state index contributed by atoms with van der Waals surface area (Å²) in [5.74, 6) is 0. The summed E-state index contributed by atoms with van der Waals surface area (Å²) in [6, 6.07) is 20.5. The Kier molecular flexibility index (Phi) is 4.72. The Labute approximate surface area is 115 Å². The SMILES string of the molecule is CCNC(CO)(Cc1ccccc1)c1ccccc1. The number of nitrogens with one attached hydrogen (secondary N) is 1. The van der Waals surface area contributed by atoms with Crippen molar-refractivity contribution < 1.29 is 5.11 Å². The fraction of sp³-hybridized carbons (Fsp3) is 0.294. The van der Waals surface area contributed by atoms with Gasteiger partial charge >= 0.3 is 0 Å². The molecule has 0 aliphatic rings. The van der Waals surface area contributed by atoms with Crippen LogP contribution in [0.2, 0.25) is 0 Å². The van der Waals surface area contributed by atoms with Crippen LogP contribution in [-0.2, 0) is 12.0 Å². The first-order valence-corrected chi connectivity index (χ1v) is 6.76. The molecule has 0 aliphatic carbocycles. The average molecular weight is 255 g/mol. The topological polar surface area (TPSA) is 32.3 Å². The molecule has 0 radical (unpaired) electrons. The molecule has 0 bridgehead atoms. The van der Waals surface area contributed by atoms with Crippen molar-refractivity contribution in [2.75, 3.05) is 13.2 Å². The van der Waals surface area contributed by atoms with Gasteiger partial charge in [-0.25, -0.2) is 0 Å². The highest BCUT2D eigenvalue weighted by molar-refractivity contribution is 5.29. The van der Waals surface area contributed by atoms with Crippen molar-refractivity contribution >= 4 is 0 Å². The maximum Gasteiger partial charge on any atom is 0.0709 e. The second kappa shape index (κ2) is 6.50. The van der Waals surface area contributed by atoms with Gasteiger partial charge in [-0.1, -0.05) is 67.6 Å². The van der Waals surface area contributed by atoms with Crippen molar-refractivity contribution in [1.29, 1.82) is 0 Å². The Balaban J connectivity index is 2.34. The van der Waals surface area contributed by atoms with Gasteiger partial charge in [0.1, 0.15) is 0 Å². The first-order chi connectivity index (χ1) is 9.30. The summed E-state index contributed by atoms with van der Waals surface area (Å²) >= 11 is 0. The molecule has 2 nitrogen and oxygen atoms in total. The van der Waals surface area contributed by atoms with Crippen LogP contribution in [0.15, 0.2) is 60.7 Å². The molecule has 0 aliphatic heterocycles. The van der Waals surface area contributed by atoms with E-state index >= 15 is 0 Å². The lowest BCUT2D eigenvalue weighted by Crippen LogP contribution is -2.47. The molecule has 0 aromatic heterocycles. The lowest BCUT2D eigenvalue weighted by Gasteiger charge is -2.33. The normalized spacial score (nSPS) is 14.0. The van der Waals surface area contributed by atoms with E-state index in [1.54, 1.807) is 0 Å². The predicted octanol–water partition coefficient (Wildman–Crippen LogP) is 2.73. The number of hydrogen-bond acceptors (Lipinski definition) is 2. The van der Waals surface area contributed by atoms with Gasteiger partial charge in [0.2, 0.25) is 0 Å². The van der Waals surface area contributed by atoms with Crippen molar-refractivity contribution in [2.45, 2.75) is 18.9 Å². The monoisotopic (exact) mass is 255 g/mol. The van der Waals surface area contributed by atoms with Gasteiger partial charge in [0.15, 0.2) is 0 Å². The zero-order chi connectivity index (χ0) is 13.6. The molecule has 1 unspecified atom stereocenters. The summed E-state index contributed by atoms with van der Waals surface area (Å²) in [4.78, 5) is 0. The Hall–Kier alpha value is -1.64.